The van der Waals surface area contributed by atoms with Crippen molar-refractivity contribution >= 4 is 29.0 Å². The number of halogens is 1. The quantitative estimate of drug-likeness (QED) is 0.444. The molecule has 9 heteroatoms. The third-order valence-electron chi connectivity index (χ3n) is 3.58. The van der Waals surface area contributed by atoms with Gasteiger partial charge in [0.1, 0.15) is 11.4 Å². The molecule has 0 amide bonds. The van der Waals surface area contributed by atoms with Gasteiger partial charge in [0.15, 0.2) is 5.82 Å². The summed E-state index contributed by atoms with van der Waals surface area (Å²) in [6, 6.07) is 5.52. The first-order valence-electron chi connectivity index (χ1n) is 7.13. The summed E-state index contributed by atoms with van der Waals surface area (Å²) in [5.41, 5.74) is 2.59. The van der Waals surface area contributed by atoms with Crippen molar-refractivity contribution in [3.05, 3.63) is 53.3 Å². The molecule has 4 aromatic rings. The van der Waals surface area contributed by atoms with Crippen molar-refractivity contribution < 1.29 is 4.42 Å². The predicted molar refractivity (Wildman–Crippen MR) is 92.4 cm³/mol. The number of nitrogens with two attached hydrogens (primary N) is 1. The van der Waals surface area contributed by atoms with Crippen LogP contribution < -0.4 is 5.84 Å². The second-order valence-corrected chi connectivity index (χ2v) is 6.58. The SMILES string of the molecule is Cc1occc1-c1nnc(SCc2cn3cc(Cl)ccc3n2)n1N. The predicted octanol–water partition coefficient (Wildman–Crippen LogP) is 3.15. The molecular formula is C15H13ClN6OS. The van der Waals surface area contributed by atoms with Crippen LogP contribution in [0.1, 0.15) is 11.5 Å². The first-order chi connectivity index (χ1) is 11.6. The first kappa shape index (κ1) is 15.1. The largest absolute Gasteiger partial charge is 0.469 e. The summed E-state index contributed by atoms with van der Waals surface area (Å²) in [7, 11) is 0. The topological polar surface area (TPSA) is 87.2 Å². The molecule has 0 aromatic carbocycles. The molecule has 122 valence electrons. The van der Waals surface area contributed by atoms with Crippen molar-refractivity contribution in [3.63, 3.8) is 0 Å². The van der Waals surface area contributed by atoms with Gasteiger partial charge in [-0.05, 0) is 25.1 Å². The number of nitrogens with zero attached hydrogens (tertiary/aromatic N) is 5. The molecule has 0 aliphatic carbocycles. The number of nitrogen functional groups attached to an aromatic ring is 1. The van der Waals surface area contributed by atoms with Crippen LogP contribution in [0.15, 0.2) is 46.4 Å². The summed E-state index contributed by atoms with van der Waals surface area (Å²) in [6.45, 7) is 1.86. The second-order valence-electron chi connectivity index (χ2n) is 5.20. The smallest absolute Gasteiger partial charge is 0.210 e. The number of pyridine rings is 1. The molecule has 0 saturated heterocycles. The highest BCUT2D eigenvalue weighted by Gasteiger charge is 2.16. The van der Waals surface area contributed by atoms with Gasteiger partial charge in [0, 0.05) is 18.1 Å². The van der Waals surface area contributed by atoms with E-state index in [9.17, 15) is 0 Å². The van der Waals surface area contributed by atoms with Gasteiger partial charge in [-0.2, -0.15) is 0 Å². The molecule has 4 aromatic heterocycles. The Hall–Kier alpha value is -2.45. The summed E-state index contributed by atoms with van der Waals surface area (Å²) in [5.74, 6) is 8.06. The number of aromatic nitrogens is 5. The third kappa shape index (κ3) is 2.63. The van der Waals surface area contributed by atoms with E-state index in [1.807, 2.05) is 41.9 Å². The highest BCUT2D eigenvalue weighted by molar-refractivity contribution is 7.98. The van der Waals surface area contributed by atoms with Gasteiger partial charge in [-0.3, -0.25) is 0 Å². The van der Waals surface area contributed by atoms with E-state index in [1.165, 1.54) is 16.4 Å². The third-order valence-corrected chi connectivity index (χ3v) is 4.78. The molecule has 0 fully saturated rings. The first-order valence-corrected chi connectivity index (χ1v) is 8.49. The van der Waals surface area contributed by atoms with Crippen LogP contribution in [-0.2, 0) is 5.75 Å². The Morgan fingerprint density at radius 1 is 1.25 bits per heavy atom. The number of imidazole rings is 1. The number of furan rings is 1. The van der Waals surface area contributed by atoms with E-state index < -0.39 is 0 Å². The lowest BCUT2D eigenvalue weighted by atomic mass is 10.2. The van der Waals surface area contributed by atoms with Gasteiger partial charge in [-0.1, -0.05) is 23.4 Å². The molecule has 7 nitrogen and oxygen atoms in total. The van der Waals surface area contributed by atoms with E-state index in [-0.39, 0.29) is 0 Å². The van der Waals surface area contributed by atoms with Crippen LogP contribution in [0.4, 0.5) is 0 Å². The molecule has 0 spiro atoms. The molecular weight excluding hydrogens is 348 g/mol. The molecule has 0 bridgehead atoms. The van der Waals surface area contributed by atoms with Gasteiger partial charge in [-0.25, -0.2) is 9.66 Å². The Morgan fingerprint density at radius 2 is 2.12 bits per heavy atom. The van der Waals surface area contributed by atoms with E-state index in [2.05, 4.69) is 15.2 Å². The highest BCUT2D eigenvalue weighted by atomic mass is 35.5. The van der Waals surface area contributed by atoms with Crippen LogP contribution in [0.3, 0.4) is 0 Å². The zero-order valence-electron chi connectivity index (χ0n) is 12.7. The molecule has 2 N–H and O–H groups in total. The van der Waals surface area contributed by atoms with E-state index in [1.54, 1.807) is 6.26 Å². The van der Waals surface area contributed by atoms with Crippen LogP contribution in [0.5, 0.6) is 0 Å². The van der Waals surface area contributed by atoms with Crippen LogP contribution >= 0.6 is 23.4 Å². The van der Waals surface area contributed by atoms with Gasteiger partial charge in [0.25, 0.3) is 0 Å². The molecule has 4 rings (SSSR count). The summed E-state index contributed by atoms with van der Waals surface area (Å²) < 4.78 is 8.65. The number of hydrogen-bond acceptors (Lipinski definition) is 6. The monoisotopic (exact) mass is 360 g/mol. The maximum absolute atomic E-state index is 6.11. The Kier molecular flexibility index (Phi) is 3.70. The van der Waals surface area contributed by atoms with Crippen molar-refractivity contribution in [2.75, 3.05) is 5.84 Å². The number of aryl methyl sites for hydroxylation is 1. The minimum absolute atomic E-state index is 0.575. The second kappa shape index (κ2) is 5.88. The Bertz CT molecular complexity index is 1020. The van der Waals surface area contributed by atoms with Gasteiger partial charge >= 0.3 is 0 Å². The van der Waals surface area contributed by atoms with Gasteiger partial charge < -0.3 is 14.7 Å². The van der Waals surface area contributed by atoms with Gasteiger partial charge in [-0.15, -0.1) is 10.2 Å². The summed E-state index contributed by atoms with van der Waals surface area (Å²) >= 11 is 7.45. The Labute approximate surface area is 146 Å². The zero-order valence-corrected chi connectivity index (χ0v) is 14.3. The highest BCUT2D eigenvalue weighted by Crippen LogP contribution is 2.26. The molecule has 4 heterocycles. The van der Waals surface area contributed by atoms with Crippen molar-refractivity contribution in [1.82, 2.24) is 24.3 Å². The molecule has 0 radical (unpaired) electrons. The Balaban J connectivity index is 1.55. The lowest BCUT2D eigenvalue weighted by Gasteiger charge is -2.01. The minimum Gasteiger partial charge on any atom is -0.469 e. The van der Waals surface area contributed by atoms with Crippen molar-refractivity contribution in [2.45, 2.75) is 17.8 Å². The number of rotatable bonds is 4. The minimum atomic E-state index is 0.575. The molecule has 0 atom stereocenters. The molecule has 24 heavy (non-hydrogen) atoms. The van der Waals surface area contributed by atoms with Crippen molar-refractivity contribution in [3.8, 4) is 11.4 Å². The average molecular weight is 361 g/mol. The molecule has 0 aliphatic rings. The van der Waals surface area contributed by atoms with Crippen molar-refractivity contribution in [2.24, 2.45) is 0 Å². The van der Waals surface area contributed by atoms with Gasteiger partial charge in [0.05, 0.1) is 22.5 Å². The molecule has 0 unspecified atom stereocenters. The van der Waals surface area contributed by atoms with E-state index in [0.717, 1.165) is 22.7 Å². The normalized spacial score (nSPS) is 11.4. The lowest BCUT2D eigenvalue weighted by Crippen LogP contribution is -2.11. The van der Waals surface area contributed by atoms with E-state index in [4.69, 9.17) is 21.9 Å². The standard InChI is InChI=1S/C15H13ClN6OS/c1-9-12(4-5-23-9)14-19-20-15(22(14)17)24-8-11-7-21-6-10(16)2-3-13(21)18-11/h2-7H,8,17H2,1H3. The summed E-state index contributed by atoms with van der Waals surface area (Å²) in [6.07, 6.45) is 5.36. The lowest BCUT2D eigenvalue weighted by molar-refractivity contribution is 0.535. The zero-order chi connectivity index (χ0) is 16.7. The fourth-order valence-electron chi connectivity index (χ4n) is 2.40. The fraction of sp³-hybridized carbons (Fsp3) is 0.133. The molecule has 0 aliphatic heterocycles. The van der Waals surface area contributed by atoms with Crippen molar-refractivity contribution in [1.29, 1.82) is 0 Å². The van der Waals surface area contributed by atoms with Crippen LogP contribution in [0.2, 0.25) is 5.02 Å². The number of thioether (sulfide) groups is 1. The average Bonchev–Trinajstić information content (AvgIpc) is 3.24. The van der Waals surface area contributed by atoms with E-state index >= 15 is 0 Å². The summed E-state index contributed by atoms with van der Waals surface area (Å²) in [5, 5.41) is 9.58. The molecule has 0 saturated carbocycles. The van der Waals surface area contributed by atoms with Crippen LogP contribution in [-0.4, -0.2) is 24.3 Å². The Morgan fingerprint density at radius 3 is 2.92 bits per heavy atom. The van der Waals surface area contributed by atoms with E-state index in [0.29, 0.717) is 21.8 Å². The van der Waals surface area contributed by atoms with Crippen LogP contribution in [0, 0.1) is 6.92 Å². The fourth-order valence-corrected chi connectivity index (χ4v) is 3.31. The summed E-state index contributed by atoms with van der Waals surface area (Å²) in [4.78, 5) is 4.54. The maximum atomic E-state index is 6.11. The number of fused-ring (bicyclic) bond motifs is 1. The van der Waals surface area contributed by atoms with Crippen LogP contribution in [0.25, 0.3) is 17.0 Å². The number of hydrogen-bond donors (Lipinski definition) is 1. The maximum Gasteiger partial charge on any atom is 0.210 e. The van der Waals surface area contributed by atoms with Gasteiger partial charge in [0.2, 0.25) is 5.16 Å².